The molecule has 170 valence electrons. The van der Waals surface area contributed by atoms with Crippen LogP contribution >= 0.6 is 15.9 Å². The molecule has 0 amide bonds. The molecule has 2 N–H and O–H groups in total. The molecule has 5 rings (SSSR count). The van der Waals surface area contributed by atoms with Gasteiger partial charge in [0.05, 0.1) is 12.1 Å². The second-order valence-corrected chi connectivity index (χ2v) is 12.5. The van der Waals surface area contributed by atoms with Crippen molar-refractivity contribution in [3.8, 4) is 5.75 Å². The standard InChI is InChI=1S/C27H38BrNO2/c1-25-12-4-3-5-19(25)6-8-21-22(25)10-13-26(2)23(21)11-14-27(26,31)17-29-16-18-15-20(28)7-9-24(18)30/h7,9,15-16,19,21-23,30-31H,3-6,8,10-14,17H2,1-2H3/t19-,21-,22-,23+,25-,26+,27-/m0/s1. The fourth-order valence-corrected chi connectivity index (χ4v) is 8.97. The third-order valence-electron chi connectivity index (χ3n) is 10.5. The number of halogens is 1. The lowest BCUT2D eigenvalue weighted by molar-refractivity contribution is -0.147. The summed E-state index contributed by atoms with van der Waals surface area (Å²) in [7, 11) is 0. The van der Waals surface area contributed by atoms with Crippen LogP contribution in [0.5, 0.6) is 5.75 Å². The number of hydrogen-bond acceptors (Lipinski definition) is 3. The average molecular weight is 489 g/mol. The lowest BCUT2D eigenvalue weighted by Crippen LogP contribution is -2.56. The highest BCUT2D eigenvalue weighted by Gasteiger charge is 2.64. The van der Waals surface area contributed by atoms with Gasteiger partial charge in [0, 0.05) is 21.7 Å². The monoisotopic (exact) mass is 487 g/mol. The minimum Gasteiger partial charge on any atom is -0.507 e. The van der Waals surface area contributed by atoms with Crippen LogP contribution in [0, 0.1) is 34.5 Å². The number of aliphatic imine (C=N–C) groups is 1. The van der Waals surface area contributed by atoms with Gasteiger partial charge in [-0.25, -0.2) is 0 Å². The van der Waals surface area contributed by atoms with Gasteiger partial charge in [-0.3, -0.25) is 4.99 Å². The van der Waals surface area contributed by atoms with E-state index in [1.165, 1.54) is 44.9 Å². The molecule has 0 bridgehead atoms. The van der Waals surface area contributed by atoms with Gasteiger partial charge in [-0.2, -0.15) is 0 Å². The zero-order chi connectivity index (χ0) is 21.9. The fraction of sp³-hybridized carbons (Fsp3) is 0.741. The van der Waals surface area contributed by atoms with Crippen molar-refractivity contribution in [1.29, 1.82) is 0 Å². The molecule has 0 saturated heterocycles. The molecule has 0 aliphatic heterocycles. The summed E-state index contributed by atoms with van der Waals surface area (Å²) in [5, 5.41) is 22.0. The summed E-state index contributed by atoms with van der Waals surface area (Å²) in [5.74, 6) is 3.44. The van der Waals surface area contributed by atoms with E-state index in [1.807, 2.05) is 12.1 Å². The number of nitrogens with zero attached hydrogens (tertiary/aromatic N) is 1. The van der Waals surface area contributed by atoms with Crippen molar-refractivity contribution < 1.29 is 10.2 Å². The summed E-state index contributed by atoms with van der Waals surface area (Å²) in [6, 6.07) is 5.37. The molecule has 4 saturated carbocycles. The SMILES string of the molecule is C[C@]12CCCC[C@H]1CC[C@@H]1[C@H]3CC[C@](O)(CN=Cc4cc(Br)ccc4O)[C@]3(C)CC[C@@H]12. The number of hydrogen-bond donors (Lipinski definition) is 2. The van der Waals surface area contributed by atoms with Gasteiger partial charge in [-0.15, -0.1) is 0 Å². The Balaban J connectivity index is 1.35. The van der Waals surface area contributed by atoms with E-state index in [2.05, 4.69) is 34.8 Å². The zero-order valence-corrected chi connectivity index (χ0v) is 20.7. The first kappa shape index (κ1) is 21.9. The molecule has 3 nitrogen and oxygen atoms in total. The maximum atomic E-state index is 11.8. The van der Waals surface area contributed by atoms with Gasteiger partial charge in [0.2, 0.25) is 0 Å². The molecule has 4 fully saturated rings. The summed E-state index contributed by atoms with van der Waals surface area (Å²) >= 11 is 3.46. The maximum Gasteiger partial charge on any atom is 0.124 e. The van der Waals surface area contributed by atoms with Crippen LogP contribution in [0.1, 0.15) is 83.6 Å². The summed E-state index contributed by atoms with van der Waals surface area (Å²) in [6.07, 6.45) is 14.7. The van der Waals surface area contributed by atoms with Crippen molar-refractivity contribution >= 4 is 22.1 Å². The Kier molecular flexibility index (Phi) is 5.57. The quantitative estimate of drug-likeness (QED) is 0.463. The Morgan fingerprint density at radius 3 is 2.68 bits per heavy atom. The Morgan fingerprint density at radius 1 is 1.03 bits per heavy atom. The van der Waals surface area contributed by atoms with E-state index in [1.54, 1.807) is 12.3 Å². The molecule has 0 spiro atoms. The van der Waals surface area contributed by atoms with Crippen LogP contribution in [0.25, 0.3) is 0 Å². The van der Waals surface area contributed by atoms with E-state index < -0.39 is 5.60 Å². The molecule has 4 aliphatic rings. The first-order valence-corrected chi connectivity index (χ1v) is 13.3. The summed E-state index contributed by atoms with van der Waals surface area (Å²) in [4.78, 5) is 4.66. The molecule has 1 aromatic carbocycles. The number of benzene rings is 1. The lowest BCUT2D eigenvalue weighted by atomic mass is 9.44. The second kappa shape index (κ2) is 7.87. The number of phenolic OH excluding ortho intramolecular Hbond substituents is 1. The molecule has 0 radical (unpaired) electrons. The molecule has 31 heavy (non-hydrogen) atoms. The number of rotatable bonds is 3. The van der Waals surface area contributed by atoms with E-state index in [4.69, 9.17) is 0 Å². The number of aliphatic hydroxyl groups is 1. The van der Waals surface area contributed by atoms with Crippen LogP contribution in [0.4, 0.5) is 0 Å². The molecular formula is C27H38BrNO2. The summed E-state index contributed by atoms with van der Waals surface area (Å²) in [5.41, 5.74) is 0.470. The van der Waals surface area contributed by atoms with Gasteiger partial charge in [-0.1, -0.05) is 42.6 Å². The largest absolute Gasteiger partial charge is 0.507 e. The Morgan fingerprint density at radius 2 is 1.84 bits per heavy atom. The average Bonchev–Trinajstić information content (AvgIpc) is 3.01. The normalized spacial score (nSPS) is 44.6. The fourth-order valence-electron chi connectivity index (χ4n) is 8.59. The van der Waals surface area contributed by atoms with Gasteiger partial charge in [-0.05, 0) is 98.7 Å². The summed E-state index contributed by atoms with van der Waals surface area (Å²) in [6.45, 7) is 5.41. The van der Waals surface area contributed by atoms with E-state index >= 15 is 0 Å². The van der Waals surface area contributed by atoms with Crippen molar-refractivity contribution in [2.24, 2.45) is 39.5 Å². The predicted octanol–water partition coefficient (Wildman–Crippen LogP) is 6.74. The minimum absolute atomic E-state index is 0.0390. The number of fused-ring (bicyclic) bond motifs is 5. The van der Waals surface area contributed by atoms with Crippen molar-refractivity contribution in [1.82, 2.24) is 0 Å². The highest BCUT2D eigenvalue weighted by atomic mass is 79.9. The minimum atomic E-state index is -0.731. The van der Waals surface area contributed by atoms with Crippen LogP contribution in [0.3, 0.4) is 0 Å². The number of phenols is 1. The van der Waals surface area contributed by atoms with Crippen molar-refractivity contribution in [2.75, 3.05) is 6.54 Å². The van der Waals surface area contributed by atoms with E-state index in [0.29, 0.717) is 23.4 Å². The third kappa shape index (κ3) is 3.42. The second-order valence-electron chi connectivity index (χ2n) is 11.6. The van der Waals surface area contributed by atoms with Crippen molar-refractivity contribution in [3.05, 3.63) is 28.2 Å². The van der Waals surface area contributed by atoms with Gasteiger partial charge in [0.15, 0.2) is 0 Å². The Labute approximate surface area is 195 Å². The smallest absolute Gasteiger partial charge is 0.124 e. The molecule has 1 aromatic rings. The van der Waals surface area contributed by atoms with Crippen molar-refractivity contribution in [2.45, 2.75) is 83.7 Å². The van der Waals surface area contributed by atoms with Crippen LogP contribution in [0.2, 0.25) is 0 Å². The topological polar surface area (TPSA) is 52.8 Å². The number of aromatic hydroxyl groups is 1. The van der Waals surface area contributed by atoms with E-state index in [-0.39, 0.29) is 11.2 Å². The molecule has 0 unspecified atom stereocenters. The molecular weight excluding hydrogens is 450 g/mol. The predicted molar refractivity (Wildman–Crippen MR) is 130 cm³/mol. The lowest BCUT2D eigenvalue weighted by Gasteiger charge is -2.61. The van der Waals surface area contributed by atoms with Crippen LogP contribution < -0.4 is 0 Å². The highest BCUT2D eigenvalue weighted by Crippen LogP contribution is 2.68. The van der Waals surface area contributed by atoms with Crippen LogP contribution in [-0.4, -0.2) is 28.6 Å². The summed E-state index contributed by atoms with van der Waals surface area (Å²) < 4.78 is 0.920. The van der Waals surface area contributed by atoms with Crippen molar-refractivity contribution in [3.63, 3.8) is 0 Å². The van der Waals surface area contributed by atoms with E-state index in [0.717, 1.165) is 41.5 Å². The Hall–Kier alpha value is -0.870. The first-order chi connectivity index (χ1) is 14.8. The molecule has 7 atom stereocenters. The van der Waals surface area contributed by atoms with Gasteiger partial charge >= 0.3 is 0 Å². The zero-order valence-electron chi connectivity index (χ0n) is 19.1. The van der Waals surface area contributed by atoms with Crippen LogP contribution in [-0.2, 0) is 0 Å². The van der Waals surface area contributed by atoms with E-state index in [9.17, 15) is 10.2 Å². The van der Waals surface area contributed by atoms with Gasteiger partial charge in [0.25, 0.3) is 0 Å². The van der Waals surface area contributed by atoms with Gasteiger partial charge in [0.1, 0.15) is 5.75 Å². The Bertz CT molecular complexity index is 871. The molecule has 0 heterocycles. The third-order valence-corrected chi connectivity index (χ3v) is 11.0. The molecule has 4 heteroatoms. The molecule has 0 aromatic heterocycles. The highest BCUT2D eigenvalue weighted by molar-refractivity contribution is 9.10. The van der Waals surface area contributed by atoms with Gasteiger partial charge < -0.3 is 10.2 Å². The maximum absolute atomic E-state index is 11.8. The van der Waals surface area contributed by atoms with Crippen LogP contribution in [0.15, 0.2) is 27.7 Å². The molecule has 4 aliphatic carbocycles. The first-order valence-electron chi connectivity index (χ1n) is 12.5.